The summed E-state index contributed by atoms with van der Waals surface area (Å²) in [5.74, 6) is 2.61. The van der Waals surface area contributed by atoms with Crippen LogP contribution in [0.4, 0.5) is 0 Å². The molecule has 1 fully saturated rings. The first-order chi connectivity index (χ1) is 8.86. The van der Waals surface area contributed by atoms with E-state index in [1.165, 1.54) is 12.8 Å². The molecule has 0 aromatic carbocycles. The highest BCUT2D eigenvalue weighted by molar-refractivity contribution is 7.13. The number of H-pyrrole nitrogens is 1. The summed E-state index contributed by atoms with van der Waals surface area (Å²) in [4.78, 5) is 5.75. The second-order valence-corrected chi connectivity index (χ2v) is 5.77. The molecule has 1 aliphatic heterocycles. The van der Waals surface area contributed by atoms with Gasteiger partial charge in [-0.2, -0.15) is 5.10 Å². The third-order valence-electron chi connectivity index (χ3n) is 3.66. The predicted molar refractivity (Wildman–Crippen MR) is 73.5 cm³/mol. The molecule has 96 valence electrons. The van der Waals surface area contributed by atoms with E-state index in [-0.39, 0.29) is 0 Å². The standard InChI is InChI=1S/C13H18N4S/c1-2-9-5-6-14-10(8-9)12-15-13(17-16-12)11-4-3-7-18-11/h3-4,7,9-10,14H,2,5-6,8H2,1H3,(H,15,16,17). The van der Waals surface area contributed by atoms with Crippen LogP contribution in [0.2, 0.25) is 0 Å². The highest BCUT2D eigenvalue weighted by Crippen LogP contribution is 2.28. The van der Waals surface area contributed by atoms with Crippen molar-refractivity contribution >= 4 is 11.3 Å². The zero-order valence-corrected chi connectivity index (χ0v) is 11.3. The molecule has 2 unspecified atom stereocenters. The Morgan fingerprint density at radius 1 is 1.50 bits per heavy atom. The average Bonchev–Trinajstić information content (AvgIpc) is 3.09. The zero-order valence-electron chi connectivity index (χ0n) is 10.5. The fourth-order valence-electron chi connectivity index (χ4n) is 2.52. The first kappa shape index (κ1) is 11.9. The fourth-order valence-corrected chi connectivity index (χ4v) is 3.18. The first-order valence-corrected chi connectivity index (χ1v) is 7.44. The quantitative estimate of drug-likeness (QED) is 0.894. The molecule has 5 heteroatoms. The van der Waals surface area contributed by atoms with Crippen LogP contribution in [0.5, 0.6) is 0 Å². The van der Waals surface area contributed by atoms with E-state index in [0.29, 0.717) is 6.04 Å². The van der Waals surface area contributed by atoms with E-state index in [9.17, 15) is 0 Å². The van der Waals surface area contributed by atoms with Gasteiger partial charge in [0.25, 0.3) is 0 Å². The van der Waals surface area contributed by atoms with Crippen LogP contribution in [-0.4, -0.2) is 21.7 Å². The van der Waals surface area contributed by atoms with Crippen LogP contribution in [0.15, 0.2) is 17.5 Å². The number of hydrogen-bond donors (Lipinski definition) is 2. The average molecular weight is 262 g/mol. The van der Waals surface area contributed by atoms with Crippen molar-refractivity contribution in [3.8, 4) is 10.7 Å². The number of hydrogen-bond acceptors (Lipinski definition) is 4. The fraction of sp³-hybridized carbons (Fsp3) is 0.538. The third kappa shape index (κ3) is 2.33. The van der Waals surface area contributed by atoms with Crippen molar-refractivity contribution in [2.45, 2.75) is 32.2 Å². The zero-order chi connectivity index (χ0) is 12.4. The molecular formula is C13H18N4S. The van der Waals surface area contributed by atoms with Crippen molar-refractivity contribution in [2.24, 2.45) is 5.92 Å². The topological polar surface area (TPSA) is 53.6 Å². The molecule has 2 aromatic heterocycles. The molecule has 4 nitrogen and oxygen atoms in total. The molecule has 1 aliphatic rings. The van der Waals surface area contributed by atoms with Gasteiger partial charge in [0.2, 0.25) is 0 Å². The van der Waals surface area contributed by atoms with Crippen LogP contribution in [0.25, 0.3) is 10.7 Å². The van der Waals surface area contributed by atoms with E-state index in [1.807, 2.05) is 6.07 Å². The van der Waals surface area contributed by atoms with Crippen molar-refractivity contribution in [2.75, 3.05) is 6.54 Å². The summed E-state index contributed by atoms with van der Waals surface area (Å²) in [7, 11) is 0. The van der Waals surface area contributed by atoms with E-state index >= 15 is 0 Å². The van der Waals surface area contributed by atoms with Crippen molar-refractivity contribution in [1.29, 1.82) is 0 Å². The maximum Gasteiger partial charge on any atom is 0.191 e. The minimum absolute atomic E-state index is 0.338. The number of rotatable bonds is 3. The lowest BCUT2D eigenvalue weighted by molar-refractivity contribution is 0.291. The van der Waals surface area contributed by atoms with Crippen LogP contribution in [0.1, 0.15) is 38.1 Å². The van der Waals surface area contributed by atoms with Crippen LogP contribution in [0.3, 0.4) is 0 Å². The lowest BCUT2D eigenvalue weighted by atomic mass is 9.90. The second kappa shape index (κ2) is 5.20. The van der Waals surface area contributed by atoms with Crippen molar-refractivity contribution in [1.82, 2.24) is 20.5 Å². The Morgan fingerprint density at radius 3 is 3.22 bits per heavy atom. The van der Waals surface area contributed by atoms with E-state index < -0.39 is 0 Å². The van der Waals surface area contributed by atoms with Gasteiger partial charge in [0, 0.05) is 0 Å². The maximum absolute atomic E-state index is 4.63. The highest BCUT2D eigenvalue weighted by atomic mass is 32.1. The largest absolute Gasteiger partial charge is 0.307 e. The Morgan fingerprint density at radius 2 is 2.44 bits per heavy atom. The molecule has 2 N–H and O–H groups in total. The lowest BCUT2D eigenvalue weighted by Crippen LogP contribution is -2.32. The molecule has 0 aliphatic carbocycles. The number of aromatic nitrogens is 3. The normalized spacial score (nSPS) is 24.3. The highest BCUT2D eigenvalue weighted by Gasteiger charge is 2.24. The summed E-state index contributed by atoms with van der Waals surface area (Å²) >= 11 is 1.68. The molecular weight excluding hydrogens is 244 g/mol. The molecule has 2 atom stereocenters. The SMILES string of the molecule is CCC1CCNC(c2nc(-c3cccs3)n[nH]2)C1. The Balaban J connectivity index is 1.77. The first-order valence-electron chi connectivity index (χ1n) is 6.56. The summed E-state index contributed by atoms with van der Waals surface area (Å²) in [6, 6.07) is 4.42. The molecule has 3 rings (SSSR count). The second-order valence-electron chi connectivity index (χ2n) is 4.83. The lowest BCUT2D eigenvalue weighted by Gasteiger charge is -2.28. The Labute approximate surface area is 111 Å². The molecule has 0 amide bonds. The molecule has 0 radical (unpaired) electrons. The van der Waals surface area contributed by atoms with Gasteiger partial charge in [-0.25, -0.2) is 4.98 Å². The van der Waals surface area contributed by atoms with Crippen LogP contribution < -0.4 is 5.32 Å². The van der Waals surface area contributed by atoms with Gasteiger partial charge in [0.05, 0.1) is 10.9 Å². The summed E-state index contributed by atoms with van der Waals surface area (Å²) in [5.41, 5.74) is 0. The molecule has 0 bridgehead atoms. The number of piperidine rings is 1. The van der Waals surface area contributed by atoms with E-state index in [2.05, 4.69) is 38.9 Å². The number of thiophene rings is 1. The predicted octanol–water partition coefficient (Wildman–Crippen LogP) is 2.98. The monoisotopic (exact) mass is 262 g/mol. The molecule has 1 saturated heterocycles. The smallest absolute Gasteiger partial charge is 0.191 e. The number of nitrogens with zero attached hydrogens (tertiary/aromatic N) is 2. The van der Waals surface area contributed by atoms with Gasteiger partial charge in [0.15, 0.2) is 5.82 Å². The molecule has 18 heavy (non-hydrogen) atoms. The van der Waals surface area contributed by atoms with Gasteiger partial charge in [-0.05, 0) is 36.8 Å². The van der Waals surface area contributed by atoms with Gasteiger partial charge in [-0.15, -0.1) is 11.3 Å². The minimum atomic E-state index is 0.338. The molecule has 3 heterocycles. The Hall–Kier alpha value is -1.20. The summed E-state index contributed by atoms with van der Waals surface area (Å²) in [6.45, 7) is 3.35. The van der Waals surface area contributed by atoms with Crippen molar-refractivity contribution in [3.05, 3.63) is 23.3 Å². The van der Waals surface area contributed by atoms with Crippen LogP contribution in [-0.2, 0) is 0 Å². The van der Waals surface area contributed by atoms with Gasteiger partial charge in [0.1, 0.15) is 5.82 Å². The van der Waals surface area contributed by atoms with Crippen LogP contribution in [0, 0.1) is 5.92 Å². The molecule has 0 spiro atoms. The molecule has 0 saturated carbocycles. The summed E-state index contributed by atoms with van der Waals surface area (Å²) in [5, 5.41) is 13.0. The Bertz CT molecular complexity index is 491. The van der Waals surface area contributed by atoms with Crippen LogP contribution >= 0.6 is 11.3 Å². The van der Waals surface area contributed by atoms with E-state index in [0.717, 1.165) is 35.4 Å². The van der Waals surface area contributed by atoms with Gasteiger partial charge in [-0.1, -0.05) is 19.4 Å². The van der Waals surface area contributed by atoms with Crippen molar-refractivity contribution < 1.29 is 0 Å². The third-order valence-corrected chi connectivity index (χ3v) is 4.53. The number of nitrogens with one attached hydrogen (secondary N) is 2. The summed E-state index contributed by atoms with van der Waals surface area (Å²) in [6.07, 6.45) is 3.69. The van der Waals surface area contributed by atoms with E-state index in [1.54, 1.807) is 11.3 Å². The Kier molecular flexibility index (Phi) is 3.43. The van der Waals surface area contributed by atoms with Gasteiger partial charge in [-0.3, -0.25) is 5.10 Å². The van der Waals surface area contributed by atoms with Gasteiger partial charge < -0.3 is 5.32 Å². The van der Waals surface area contributed by atoms with Gasteiger partial charge >= 0.3 is 0 Å². The summed E-state index contributed by atoms with van der Waals surface area (Å²) < 4.78 is 0. The van der Waals surface area contributed by atoms with E-state index in [4.69, 9.17) is 0 Å². The minimum Gasteiger partial charge on any atom is -0.307 e. The number of aromatic amines is 1. The van der Waals surface area contributed by atoms with Crippen molar-refractivity contribution in [3.63, 3.8) is 0 Å². The molecule has 2 aromatic rings. The maximum atomic E-state index is 4.63.